The lowest BCUT2D eigenvalue weighted by atomic mass is 10.2. The highest BCUT2D eigenvalue weighted by Crippen LogP contribution is 2.26. The summed E-state index contributed by atoms with van der Waals surface area (Å²) < 4.78 is 31.9. The van der Waals surface area contributed by atoms with Crippen LogP contribution in [-0.4, -0.2) is 29.7 Å². The van der Waals surface area contributed by atoms with Gasteiger partial charge in [-0.15, -0.1) is 0 Å². The number of aromatic amines is 1. The zero-order chi connectivity index (χ0) is 12.7. The van der Waals surface area contributed by atoms with Crippen molar-refractivity contribution in [1.29, 1.82) is 0 Å². The molecule has 96 valence electrons. The summed E-state index contributed by atoms with van der Waals surface area (Å²) in [7, 11) is 1.66. The summed E-state index contributed by atoms with van der Waals surface area (Å²) in [4.78, 5) is 7.15. The number of hydrogen-bond acceptors (Lipinski definition) is 3. The number of halogens is 2. The first-order valence-corrected chi connectivity index (χ1v) is 5.79. The van der Waals surface area contributed by atoms with Crippen molar-refractivity contribution >= 4 is 11.0 Å². The molecule has 6 heteroatoms. The minimum absolute atomic E-state index is 0.00943. The monoisotopic (exact) mass is 253 g/mol. The highest BCUT2D eigenvalue weighted by molar-refractivity contribution is 5.75. The smallest absolute Gasteiger partial charge is 0.186 e. The molecule has 2 atom stereocenters. The summed E-state index contributed by atoms with van der Waals surface area (Å²) in [6.45, 7) is 0.731. The summed E-state index contributed by atoms with van der Waals surface area (Å²) in [6.07, 6.45) is 0.894. The topological polar surface area (TPSA) is 49.9 Å². The van der Waals surface area contributed by atoms with Gasteiger partial charge >= 0.3 is 0 Å². The molecule has 18 heavy (non-hydrogen) atoms. The molecule has 1 aliphatic rings. The molecule has 2 N–H and O–H groups in total. The second-order valence-corrected chi connectivity index (χ2v) is 4.43. The van der Waals surface area contributed by atoms with Crippen LogP contribution in [0.1, 0.15) is 18.3 Å². The van der Waals surface area contributed by atoms with E-state index in [-0.39, 0.29) is 17.7 Å². The third-order valence-electron chi connectivity index (χ3n) is 3.32. The molecule has 0 bridgehead atoms. The summed E-state index contributed by atoms with van der Waals surface area (Å²) in [5, 5.41) is 3.23. The van der Waals surface area contributed by atoms with E-state index < -0.39 is 11.6 Å². The van der Waals surface area contributed by atoms with Crippen LogP contribution < -0.4 is 5.32 Å². The first-order chi connectivity index (χ1) is 8.69. The maximum atomic E-state index is 13.5. The van der Waals surface area contributed by atoms with Crippen LogP contribution >= 0.6 is 0 Å². The molecule has 1 aliphatic heterocycles. The van der Waals surface area contributed by atoms with Crippen LogP contribution in [0.4, 0.5) is 8.78 Å². The molecule has 2 heterocycles. The van der Waals surface area contributed by atoms with Crippen molar-refractivity contribution < 1.29 is 13.5 Å². The van der Waals surface area contributed by atoms with E-state index in [0.717, 1.165) is 19.0 Å². The lowest BCUT2D eigenvalue weighted by Gasteiger charge is -2.06. The van der Waals surface area contributed by atoms with Crippen molar-refractivity contribution in [3.63, 3.8) is 0 Å². The molecule has 0 saturated carbocycles. The van der Waals surface area contributed by atoms with Gasteiger partial charge in [-0.2, -0.15) is 0 Å². The molecule has 2 unspecified atom stereocenters. The van der Waals surface area contributed by atoms with Crippen LogP contribution in [0.2, 0.25) is 0 Å². The number of ether oxygens (including phenoxy) is 1. The third kappa shape index (κ3) is 1.77. The number of fused-ring (bicyclic) bond motifs is 1. The van der Waals surface area contributed by atoms with Gasteiger partial charge in [0.25, 0.3) is 0 Å². The molecule has 0 spiro atoms. The molecular weight excluding hydrogens is 240 g/mol. The Morgan fingerprint density at radius 2 is 2.22 bits per heavy atom. The predicted molar refractivity (Wildman–Crippen MR) is 62.2 cm³/mol. The fourth-order valence-corrected chi connectivity index (χ4v) is 2.29. The molecule has 1 fully saturated rings. The number of imidazole rings is 1. The Balaban J connectivity index is 1.97. The average molecular weight is 253 g/mol. The lowest BCUT2D eigenvalue weighted by molar-refractivity contribution is 0.117. The molecule has 1 saturated heterocycles. The maximum absolute atomic E-state index is 13.5. The Labute approximate surface area is 102 Å². The van der Waals surface area contributed by atoms with E-state index >= 15 is 0 Å². The van der Waals surface area contributed by atoms with E-state index in [2.05, 4.69) is 15.3 Å². The minimum Gasteiger partial charge on any atom is -0.380 e. The number of hydrogen-bond donors (Lipinski definition) is 2. The van der Waals surface area contributed by atoms with Crippen LogP contribution in [0, 0.1) is 11.6 Å². The Morgan fingerprint density at radius 1 is 1.39 bits per heavy atom. The molecule has 1 aromatic heterocycles. The second kappa shape index (κ2) is 4.29. The Kier molecular flexibility index (Phi) is 2.76. The van der Waals surface area contributed by atoms with Crippen LogP contribution in [0.3, 0.4) is 0 Å². The number of nitrogens with one attached hydrogen (secondary N) is 2. The van der Waals surface area contributed by atoms with Gasteiger partial charge in [0.2, 0.25) is 0 Å². The lowest BCUT2D eigenvalue weighted by Crippen LogP contribution is -2.16. The molecule has 4 nitrogen and oxygen atoms in total. The molecular formula is C12H13F2N3O. The van der Waals surface area contributed by atoms with Crippen molar-refractivity contribution in [3.8, 4) is 0 Å². The van der Waals surface area contributed by atoms with Gasteiger partial charge in [0, 0.05) is 13.7 Å². The number of rotatable bonds is 2. The normalized spacial score (nSPS) is 23.9. The van der Waals surface area contributed by atoms with Gasteiger partial charge in [0.1, 0.15) is 11.3 Å². The summed E-state index contributed by atoms with van der Waals surface area (Å²) >= 11 is 0. The average Bonchev–Trinajstić information content (AvgIpc) is 2.99. The number of nitrogens with zero attached hydrogens (tertiary/aromatic N) is 1. The second-order valence-electron chi connectivity index (χ2n) is 4.43. The van der Waals surface area contributed by atoms with E-state index in [1.807, 2.05) is 0 Å². The molecule has 2 aromatic rings. The zero-order valence-electron chi connectivity index (χ0n) is 9.84. The van der Waals surface area contributed by atoms with Gasteiger partial charge in [-0.25, -0.2) is 13.8 Å². The Hall–Kier alpha value is -1.53. The molecule has 1 aromatic carbocycles. The van der Waals surface area contributed by atoms with Crippen LogP contribution in [0.25, 0.3) is 11.0 Å². The largest absolute Gasteiger partial charge is 0.380 e. The van der Waals surface area contributed by atoms with Crippen molar-refractivity contribution in [1.82, 2.24) is 15.3 Å². The number of aromatic nitrogens is 2. The van der Waals surface area contributed by atoms with Crippen LogP contribution in [0.5, 0.6) is 0 Å². The van der Waals surface area contributed by atoms with Crippen molar-refractivity contribution in [2.75, 3.05) is 13.7 Å². The van der Waals surface area contributed by atoms with E-state index in [1.54, 1.807) is 7.11 Å². The summed E-state index contributed by atoms with van der Waals surface area (Å²) in [6, 6.07) is 2.58. The number of benzene rings is 1. The van der Waals surface area contributed by atoms with E-state index in [4.69, 9.17) is 4.74 Å². The zero-order valence-corrected chi connectivity index (χ0v) is 9.84. The highest BCUT2D eigenvalue weighted by Gasteiger charge is 2.27. The first-order valence-electron chi connectivity index (χ1n) is 5.79. The third-order valence-corrected chi connectivity index (χ3v) is 3.32. The standard InChI is InChI=1S/C12H13F2N3O/c1-18-6-4-9(15-5-6)12-16-8-3-2-7(13)10(14)11(8)17-12/h2-3,6,9,15H,4-5H2,1H3,(H,16,17). The Bertz CT molecular complexity index is 584. The number of methoxy groups -OCH3 is 1. The minimum atomic E-state index is -0.906. The quantitative estimate of drug-likeness (QED) is 0.859. The maximum Gasteiger partial charge on any atom is 0.186 e. The highest BCUT2D eigenvalue weighted by atomic mass is 19.2. The van der Waals surface area contributed by atoms with Gasteiger partial charge in [-0.3, -0.25) is 0 Å². The SMILES string of the molecule is COC1CNC(c2nc3c(F)c(F)ccc3[nH]2)C1. The summed E-state index contributed by atoms with van der Waals surface area (Å²) in [5.41, 5.74) is 0.555. The van der Waals surface area contributed by atoms with Crippen molar-refractivity contribution in [2.24, 2.45) is 0 Å². The predicted octanol–water partition coefficient (Wildman–Crippen LogP) is 1.89. The van der Waals surface area contributed by atoms with Gasteiger partial charge in [-0.1, -0.05) is 0 Å². The van der Waals surface area contributed by atoms with Crippen molar-refractivity contribution in [3.05, 3.63) is 29.6 Å². The molecule has 3 rings (SSSR count). The van der Waals surface area contributed by atoms with Gasteiger partial charge in [0.15, 0.2) is 11.6 Å². The Morgan fingerprint density at radius 3 is 2.94 bits per heavy atom. The van der Waals surface area contributed by atoms with E-state index in [1.165, 1.54) is 6.07 Å². The summed E-state index contributed by atoms with van der Waals surface area (Å²) in [5.74, 6) is -1.17. The molecule has 0 radical (unpaired) electrons. The van der Waals surface area contributed by atoms with Crippen LogP contribution in [0.15, 0.2) is 12.1 Å². The van der Waals surface area contributed by atoms with Crippen LogP contribution in [-0.2, 0) is 4.74 Å². The van der Waals surface area contributed by atoms with Gasteiger partial charge in [0.05, 0.1) is 17.7 Å². The van der Waals surface area contributed by atoms with E-state index in [9.17, 15) is 8.78 Å². The molecule has 0 aliphatic carbocycles. The van der Waals surface area contributed by atoms with E-state index in [0.29, 0.717) is 11.3 Å². The van der Waals surface area contributed by atoms with Gasteiger partial charge in [-0.05, 0) is 18.6 Å². The fraction of sp³-hybridized carbons (Fsp3) is 0.417. The van der Waals surface area contributed by atoms with Crippen molar-refractivity contribution in [2.45, 2.75) is 18.6 Å². The van der Waals surface area contributed by atoms with Gasteiger partial charge < -0.3 is 15.0 Å². The molecule has 0 amide bonds. The number of H-pyrrole nitrogens is 1. The first kappa shape index (κ1) is 11.6. The fourth-order valence-electron chi connectivity index (χ4n) is 2.29.